The highest BCUT2D eigenvalue weighted by Crippen LogP contribution is 2.19. The Labute approximate surface area is 170 Å². The highest BCUT2D eigenvalue weighted by molar-refractivity contribution is 7.89. The molecule has 1 amide bonds. The average molecular weight is 415 g/mol. The fourth-order valence-corrected chi connectivity index (χ4v) is 4.86. The van der Waals surface area contributed by atoms with Crippen molar-refractivity contribution in [2.45, 2.75) is 4.90 Å². The molecule has 2 aromatic rings. The number of methoxy groups -OCH3 is 1. The fourth-order valence-electron chi connectivity index (χ4n) is 3.28. The molecule has 0 unspecified atom stereocenters. The summed E-state index contributed by atoms with van der Waals surface area (Å²) in [5.41, 5.74) is 0.794. The summed E-state index contributed by atoms with van der Waals surface area (Å²) in [4.78, 5) is 13.4. The van der Waals surface area contributed by atoms with Gasteiger partial charge in [-0.1, -0.05) is 18.2 Å². The number of hydrogen-bond donors (Lipinski definition) is 2. The molecule has 0 bridgehead atoms. The van der Waals surface area contributed by atoms with E-state index in [4.69, 9.17) is 4.74 Å². The van der Waals surface area contributed by atoms with Gasteiger partial charge in [-0.2, -0.15) is 9.57 Å². The van der Waals surface area contributed by atoms with Crippen LogP contribution in [0.1, 0.15) is 5.56 Å². The van der Waals surface area contributed by atoms with E-state index >= 15 is 0 Å². The monoisotopic (exact) mass is 415 g/mol. The van der Waals surface area contributed by atoms with Gasteiger partial charge >= 0.3 is 0 Å². The highest BCUT2D eigenvalue weighted by Gasteiger charge is 2.32. The van der Waals surface area contributed by atoms with Crippen LogP contribution in [0.25, 0.3) is 0 Å². The molecule has 1 fully saturated rings. The Bertz CT molecular complexity index is 1020. The number of benzene rings is 2. The summed E-state index contributed by atoms with van der Waals surface area (Å²) in [6.45, 7) is 1.87. The van der Waals surface area contributed by atoms with Crippen LogP contribution < -0.4 is 15.0 Å². The predicted octanol–water partition coefficient (Wildman–Crippen LogP) is 0.0948. The molecule has 0 saturated carbocycles. The van der Waals surface area contributed by atoms with Gasteiger partial charge in [0.05, 0.1) is 43.7 Å². The molecule has 8 nitrogen and oxygen atoms in total. The molecule has 1 heterocycles. The number of sulfonamides is 1. The molecular formula is C20H23N4O4S+. The molecule has 0 aromatic heterocycles. The van der Waals surface area contributed by atoms with E-state index in [0.29, 0.717) is 37.6 Å². The molecule has 1 saturated heterocycles. The summed E-state index contributed by atoms with van der Waals surface area (Å²) in [7, 11) is -2.17. The van der Waals surface area contributed by atoms with Gasteiger partial charge in [-0.25, -0.2) is 8.42 Å². The van der Waals surface area contributed by atoms with Crippen molar-refractivity contribution < 1.29 is 22.8 Å². The van der Waals surface area contributed by atoms with E-state index in [1.807, 2.05) is 6.07 Å². The molecule has 3 rings (SSSR count). The zero-order valence-corrected chi connectivity index (χ0v) is 16.9. The number of nitrogens with one attached hydrogen (secondary N) is 2. The van der Waals surface area contributed by atoms with Crippen molar-refractivity contribution in [1.82, 2.24) is 4.31 Å². The Hall–Kier alpha value is -2.93. The number of ether oxygens (including phenoxy) is 1. The lowest BCUT2D eigenvalue weighted by Gasteiger charge is -2.31. The molecule has 1 aliphatic heterocycles. The minimum atomic E-state index is -3.73. The fraction of sp³-hybridized carbons (Fsp3) is 0.300. The summed E-state index contributed by atoms with van der Waals surface area (Å²) in [5, 5.41) is 12.0. The summed E-state index contributed by atoms with van der Waals surface area (Å²) in [6.07, 6.45) is 0. The van der Waals surface area contributed by atoms with Crippen LogP contribution in [-0.4, -0.2) is 58.5 Å². The van der Waals surface area contributed by atoms with Gasteiger partial charge < -0.3 is 15.0 Å². The third kappa shape index (κ3) is 4.92. The normalized spacial score (nSPS) is 15.4. The van der Waals surface area contributed by atoms with Crippen LogP contribution >= 0.6 is 0 Å². The van der Waals surface area contributed by atoms with Crippen LogP contribution in [0.4, 0.5) is 5.69 Å². The van der Waals surface area contributed by atoms with Crippen molar-refractivity contribution in [2.24, 2.45) is 0 Å². The van der Waals surface area contributed by atoms with Crippen molar-refractivity contribution in [1.29, 1.82) is 5.26 Å². The Kier molecular flexibility index (Phi) is 6.49. The number of piperazine rings is 1. The van der Waals surface area contributed by atoms with E-state index in [1.54, 1.807) is 43.5 Å². The molecule has 0 atom stereocenters. The molecule has 152 valence electrons. The minimum Gasteiger partial charge on any atom is -0.497 e. The minimum absolute atomic E-state index is 0.0294. The summed E-state index contributed by atoms with van der Waals surface area (Å²) < 4.78 is 32.3. The van der Waals surface area contributed by atoms with Crippen LogP contribution in [0.15, 0.2) is 53.4 Å². The number of anilines is 1. The molecule has 9 heteroatoms. The number of carbonyl (C=O) groups excluding carboxylic acids is 1. The van der Waals surface area contributed by atoms with Crippen LogP contribution in [-0.2, 0) is 14.8 Å². The van der Waals surface area contributed by atoms with Crippen molar-refractivity contribution >= 4 is 21.6 Å². The Morgan fingerprint density at radius 1 is 1.21 bits per heavy atom. The smallest absolute Gasteiger partial charge is 0.279 e. The number of quaternary nitrogens is 1. The number of amides is 1. The van der Waals surface area contributed by atoms with Gasteiger partial charge in [0.15, 0.2) is 6.54 Å². The standard InChI is InChI=1S/C20H22N4O4S/c1-28-18-7-4-6-17(13-18)22-20(25)15-23-9-11-24(12-10-23)29(26,27)19-8-3-2-5-16(19)14-21/h2-8,13H,9-12,15H2,1H3,(H,22,25)/p+1. The van der Waals surface area contributed by atoms with Crippen molar-refractivity contribution in [3.8, 4) is 11.8 Å². The molecule has 0 spiro atoms. The van der Waals surface area contributed by atoms with Gasteiger partial charge in [-0.15, -0.1) is 0 Å². The Balaban J connectivity index is 1.57. The second kappa shape index (κ2) is 9.05. The number of hydrogen-bond acceptors (Lipinski definition) is 5. The van der Waals surface area contributed by atoms with E-state index in [1.165, 1.54) is 16.4 Å². The van der Waals surface area contributed by atoms with Crippen molar-refractivity contribution in [3.63, 3.8) is 0 Å². The molecule has 1 aliphatic rings. The van der Waals surface area contributed by atoms with Gasteiger partial charge in [0.25, 0.3) is 5.91 Å². The predicted molar refractivity (Wildman–Crippen MR) is 107 cm³/mol. The van der Waals surface area contributed by atoms with Crippen molar-refractivity contribution in [2.75, 3.05) is 45.2 Å². The van der Waals surface area contributed by atoms with Crippen LogP contribution in [0.2, 0.25) is 0 Å². The first-order valence-electron chi connectivity index (χ1n) is 9.21. The summed E-state index contributed by atoms with van der Waals surface area (Å²) in [5.74, 6) is 0.519. The molecule has 2 aromatic carbocycles. The van der Waals surface area contributed by atoms with Gasteiger partial charge in [0.2, 0.25) is 10.0 Å². The maximum absolute atomic E-state index is 12.9. The lowest BCUT2D eigenvalue weighted by Crippen LogP contribution is -3.15. The van der Waals surface area contributed by atoms with E-state index in [0.717, 1.165) is 4.90 Å². The average Bonchev–Trinajstić information content (AvgIpc) is 2.74. The molecule has 2 N–H and O–H groups in total. The molecular weight excluding hydrogens is 392 g/mol. The van der Waals surface area contributed by atoms with Gasteiger partial charge in [-0.3, -0.25) is 4.79 Å². The largest absolute Gasteiger partial charge is 0.497 e. The summed E-state index contributed by atoms with van der Waals surface area (Å²) >= 11 is 0. The third-order valence-corrected chi connectivity index (χ3v) is 6.78. The highest BCUT2D eigenvalue weighted by atomic mass is 32.2. The van der Waals surface area contributed by atoms with Crippen LogP contribution in [0.5, 0.6) is 5.75 Å². The molecule has 0 radical (unpaired) electrons. The SMILES string of the molecule is COc1cccc(NC(=O)C[NH+]2CCN(S(=O)(=O)c3ccccc3C#N)CC2)c1. The number of nitrogens with zero attached hydrogens (tertiary/aromatic N) is 2. The van der Waals surface area contributed by atoms with Crippen LogP contribution in [0.3, 0.4) is 0 Å². The quantitative estimate of drug-likeness (QED) is 0.696. The van der Waals surface area contributed by atoms with Crippen molar-refractivity contribution in [3.05, 3.63) is 54.1 Å². The third-order valence-electron chi connectivity index (χ3n) is 4.82. The van der Waals surface area contributed by atoms with Gasteiger partial charge in [0.1, 0.15) is 11.8 Å². The first-order chi connectivity index (χ1) is 13.9. The van der Waals surface area contributed by atoms with Gasteiger partial charge in [-0.05, 0) is 24.3 Å². The van der Waals surface area contributed by atoms with Gasteiger partial charge in [0, 0.05) is 11.8 Å². The Morgan fingerprint density at radius 2 is 1.93 bits per heavy atom. The molecule has 29 heavy (non-hydrogen) atoms. The maximum atomic E-state index is 12.9. The van der Waals surface area contributed by atoms with E-state index in [9.17, 15) is 18.5 Å². The van der Waals surface area contributed by atoms with E-state index in [2.05, 4.69) is 5.32 Å². The topological polar surface area (TPSA) is 104 Å². The molecule has 0 aliphatic carbocycles. The second-order valence-electron chi connectivity index (χ2n) is 6.72. The summed E-state index contributed by atoms with van der Waals surface area (Å²) in [6, 6.07) is 15.3. The zero-order valence-electron chi connectivity index (χ0n) is 16.1. The zero-order chi connectivity index (χ0) is 20.9. The lowest BCUT2D eigenvalue weighted by molar-refractivity contribution is -0.895. The number of nitriles is 1. The first-order valence-corrected chi connectivity index (χ1v) is 10.6. The number of rotatable bonds is 6. The van der Waals surface area contributed by atoms with Crippen LogP contribution in [0, 0.1) is 11.3 Å². The second-order valence-corrected chi connectivity index (χ2v) is 8.63. The van der Waals surface area contributed by atoms with E-state index < -0.39 is 10.0 Å². The first kappa shape index (κ1) is 20.8. The lowest BCUT2D eigenvalue weighted by atomic mass is 10.2. The number of carbonyl (C=O) groups is 1. The van der Waals surface area contributed by atoms with E-state index in [-0.39, 0.29) is 22.9 Å². The Morgan fingerprint density at radius 3 is 2.62 bits per heavy atom. The maximum Gasteiger partial charge on any atom is 0.279 e.